The van der Waals surface area contributed by atoms with Crippen molar-refractivity contribution in [2.24, 2.45) is 5.92 Å². The highest BCUT2D eigenvalue weighted by atomic mass is 19.4. The zero-order chi connectivity index (χ0) is 17.0. The predicted octanol–water partition coefficient (Wildman–Crippen LogP) is 2.40. The van der Waals surface area contributed by atoms with E-state index in [9.17, 15) is 18.0 Å². The van der Waals surface area contributed by atoms with Gasteiger partial charge in [0.25, 0.3) is 0 Å². The fourth-order valence-corrected chi connectivity index (χ4v) is 2.33. The highest BCUT2D eigenvalue weighted by Crippen LogP contribution is 2.28. The molecule has 1 amide bonds. The van der Waals surface area contributed by atoms with Gasteiger partial charge < -0.3 is 15.0 Å². The molecular formula is C15H20F3N3O2. The molecule has 0 unspecified atom stereocenters. The van der Waals surface area contributed by atoms with Crippen LogP contribution < -0.4 is 5.32 Å². The second kappa shape index (κ2) is 7.16. The first-order valence-corrected chi connectivity index (χ1v) is 7.46. The molecule has 128 valence electrons. The van der Waals surface area contributed by atoms with E-state index in [4.69, 9.17) is 4.74 Å². The first kappa shape index (κ1) is 17.5. The number of halogens is 3. The average Bonchev–Trinajstić information content (AvgIpc) is 2.52. The van der Waals surface area contributed by atoms with Crippen molar-refractivity contribution in [2.75, 3.05) is 31.6 Å². The molecular weight excluding hydrogens is 311 g/mol. The minimum Gasteiger partial charge on any atom is -0.378 e. The lowest BCUT2D eigenvalue weighted by Gasteiger charge is -2.32. The maximum absolute atomic E-state index is 12.7. The molecule has 0 saturated carbocycles. The van der Waals surface area contributed by atoms with Crippen LogP contribution in [0.1, 0.15) is 19.5 Å². The molecule has 1 aromatic heterocycles. The number of alkyl halides is 3. The fourth-order valence-electron chi connectivity index (χ4n) is 2.33. The van der Waals surface area contributed by atoms with Gasteiger partial charge in [-0.25, -0.2) is 4.98 Å². The SMILES string of the molecule is CC(C)[C@H](Nc1cccc(C(F)(F)F)n1)C(=O)N1CCOCC1. The highest BCUT2D eigenvalue weighted by molar-refractivity contribution is 5.84. The van der Waals surface area contributed by atoms with Crippen LogP contribution >= 0.6 is 0 Å². The molecule has 1 saturated heterocycles. The van der Waals surface area contributed by atoms with Gasteiger partial charge in [-0.1, -0.05) is 19.9 Å². The Labute approximate surface area is 132 Å². The molecule has 23 heavy (non-hydrogen) atoms. The van der Waals surface area contributed by atoms with Gasteiger partial charge in [-0.3, -0.25) is 4.79 Å². The van der Waals surface area contributed by atoms with Crippen LogP contribution in [0.3, 0.4) is 0 Å². The zero-order valence-electron chi connectivity index (χ0n) is 13.1. The van der Waals surface area contributed by atoms with Crippen molar-refractivity contribution in [1.82, 2.24) is 9.88 Å². The number of hydrogen-bond donors (Lipinski definition) is 1. The van der Waals surface area contributed by atoms with Gasteiger partial charge in [-0.05, 0) is 18.1 Å². The molecule has 1 aliphatic rings. The molecule has 2 heterocycles. The van der Waals surface area contributed by atoms with E-state index in [0.717, 1.165) is 6.07 Å². The molecule has 1 atom stereocenters. The molecule has 0 radical (unpaired) electrons. The standard InChI is InChI=1S/C15H20F3N3O2/c1-10(2)13(14(22)21-6-8-23-9-7-21)20-12-5-3-4-11(19-12)15(16,17)18/h3-5,10,13H,6-9H2,1-2H3,(H,19,20)/t13-/m0/s1. The first-order valence-electron chi connectivity index (χ1n) is 7.46. The topological polar surface area (TPSA) is 54.5 Å². The lowest BCUT2D eigenvalue weighted by molar-refractivity contribution is -0.141. The third kappa shape index (κ3) is 4.57. The summed E-state index contributed by atoms with van der Waals surface area (Å²) < 4.78 is 43.4. The molecule has 0 aliphatic carbocycles. The molecule has 0 bridgehead atoms. The van der Waals surface area contributed by atoms with Gasteiger partial charge in [0.15, 0.2) is 0 Å². The Balaban J connectivity index is 2.14. The summed E-state index contributed by atoms with van der Waals surface area (Å²) in [5.74, 6) is -0.204. The number of morpholine rings is 1. The van der Waals surface area contributed by atoms with E-state index >= 15 is 0 Å². The van der Waals surface area contributed by atoms with Crippen LogP contribution in [0.25, 0.3) is 0 Å². The molecule has 2 rings (SSSR count). The quantitative estimate of drug-likeness (QED) is 0.920. The van der Waals surface area contributed by atoms with E-state index < -0.39 is 17.9 Å². The lowest BCUT2D eigenvalue weighted by Crippen LogP contribution is -2.50. The number of carbonyl (C=O) groups is 1. The Morgan fingerprint density at radius 1 is 1.30 bits per heavy atom. The summed E-state index contributed by atoms with van der Waals surface area (Å²) in [6.07, 6.45) is -4.51. The number of nitrogens with zero attached hydrogens (tertiary/aromatic N) is 2. The maximum atomic E-state index is 12.7. The number of carbonyl (C=O) groups excluding carboxylic acids is 1. The largest absolute Gasteiger partial charge is 0.433 e. The molecule has 1 aliphatic heterocycles. The van der Waals surface area contributed by atoms with Crippen molar-refractivity contribution >= 4 is 11.7 Å². The normalized spacial score (nSPS) is 17.2. The van der Waals surface area contributed by atoms with Gasteiger partial charge in [0.1, 0.15) is 17.6 Å². The number of anilines is 1. The highest BCUT2D eigenvalue weighted by Gasteiger charge is 2.33. The number of aromatic nitrogens is 1. The molecule has 1 aromatic rings. The van der Waals surface area contributed by atoms with Crippen LogP contribution in [0.4, 0.5) is 19.0 Å². The summed E-state index contributed by atoms with van der Waals surface area (Å²) >= 11 is 0. The summed E-state index contributed by atoms with van der Waals surface area (Å²) in [7, 11) is 0. The smallest absolute Gasteiger partial charge is 0.378 e. The van der Waals surface area contributed by atoms with Gasteiger partial charge in [0.05, 0.1) is 13.2 Å². The van der Waals surface area contributed by atoms with E-state index in [-0.39, 0.29) is 17.6 Å². The third-order valence-electron chi connectivity index (χ3n) is 3.60. The Bertz CT molecular complexity index is 543. The van der Waals surface area contributed by atoms with Crippen molar-refractivity contribution in [3.8, 4) is 0 Å². The van der Waals surface area contributed by atoms with Crippen molar-refractivity contribution in [3.63, 3.8) is 0 Å². The van der Waals surface area contributed by atoms with Gasteiger partial charge in [-0.15, -0.1) is 0 Å². The maximum Gasteiger partial charge on any atom is 0.433 e. The van der Waals surface area contributed by atoms with Gasteiger partial charge in [0, 0.05) is 13.1 Å². The van der Waals surface area contributed by atoms with Crippen LogP contribution in [0, 0.1) is 5.92 Å². The first-order chi connectivity index (χ1) is 10.8. The second-order valence-corrected chi connectivity index (χ2v) is 5.71. The fraction of sp³-hybridized carbons (Fsp3) is 0.600. The number of rotatable bonds is 4. The average molecular weight is 331 g/mol. The number of nitrogens with one attached hydrogen (secondary N) is 1. The molecule has 1 N–H and O–H groups in total. The molecule has 1 fully saturated rings. The van der Waals surface area contributed by atoms with Crippen LogP contribution in [0.2, 0.25) is 0 Å². The molecule has 5 nitrogen and oxygen atoms in total. The van der Waals surface area contributed by atoms with Gasteiger partial charge in [-0.2, -0.15) is 13.2 Å². The van der Waals surface area contributed by atoms with Gasteiger partial charge >= 0.3 is 6.18 Å². The number of pyridine rings is 1. The van der Waals surface area contributed by atoms with Crippen LogP contribution in [0.5, 0.6) is 0 Å². The van der Waals surface area contributed by atoms with Crippen molar-refractivity contribution in [3.05, 3.63) is 23.9 Å². The van der Waals surface area contributed by atoms with Crippen molar-refractivity contribution in [1.29, 1.82) is 0 Å². The molecule has 8 heteroatoms. The summed E-state index contributed by atoms with van der Waals surface area (Å²) in [6.45, 7) is 5.59. The predicted molar refractivity (Wildman–Crippen MR) is 78.9 cm³/mol. The molecule has 0 aromatic carbocycles. The number of amides is 1. The summed E-state index contributed by atoms with van der Waals surface area (Å²) in [4.78, 5) is 17.8. The zero-order valence-corrected chi connectivity index (χ0v) is 13.1. The van der Waals surface area contributed by atoms with E-state index in [0.29, 0.717) is 26.3 Å². The summed E-state index contributed by atoms with van der Waals surface area (Å²) in [5, 5.41) is 2.84. The Morgan fingerprint density at radius 3 is 2.52 bits per heavy atom. The van der Waals surface area contributed by atoms with Crippen LogP contribution in [-0.4, -0.2) is 48.1 Å². The van der Waals surface area contributed by atoms with Crippen molar-refractivity contribution in [2.45, 2.75) is 26.1 Å². The lowest BCUT2D eigenvalue weighted by atomic mass is 10.0. The van der Waals surface area contributed by atoms with Crippen LogP contribution in [0.15, 0.2) is 18.2 Å². The van der Waals surface area contributed by atoms with E-state index in [1.807, 2.05) is 13.8 Å². The van der Waals surface area contributed by atoms with Gasteiger partial charge in [0.2, 0.25) is 5.91 Å². The minimum atomic E-state index is -4.51. The number of hydrogen-bond acceptors (Lipinski definition) is 4. The number of ether oxygens (including phenoxy) is 1. The Morgan fingerprint density at radius 2 is 1.96 bits per heavy atom. The minimum absolute atomic E-state index is 0.0418. The van der Waals surface area contributed by atoms with Crippen molar-refractivity contribution < 1.29 is 22.7 Å². The Hall–Kier alpha value is -1.83. The monoisotopic (exact) mass is 331 g/mol. The summed E-state index contributed by atoms with van der Waals surface area (Å²) in [6, 6.07) is 2.97. The second-order valence-electron chi connectivity index (χ2n) is 5.71. The van der Waals surface area contributed by atoms with Crippen LogP contribution in [-0.2, 0) is 15.7 Å². The Kier molecular flexibility index (Phi) is 5.46. The molecule has 0 spiro atoms. The van der Waals surface area contributed by atoms with E-state index in [1.54, 1.807) is 4.90 Å². The van der Waals surface area contributed by atoms with E-state index in [1.165, 1.54) is 12.1 Å². The van der Waals surface area contributed by atoms with E-state index in [2.05, 4.69) is 10.3 Å². The third-order valence-corrected chi connectivity index (χ3v) is 3.60. The summed E-state index contributed by atoms with van der Waals surface area (Å²) in [5.41, 5.74) is -0.983.